The second kappa shape index (κ2) is 10.9. The van der Waals surface area contributed by atoms with Gasteiger partial charge >= 0.3 is 0 Å². The predicted octanol–water partition coefficient (Wildman–Crippen LogP) is 4.94. The van der Waals surface area contributed by atoms with Crippen molar-refractivity contribution in [1.29, 1.82) is 0 Å². The highest BCUT2D eigenvalue weighted by atomic mass is 35.5. The van der Waals surface area contributed by atoms with Crippen LogP contribution in [0.15, 0.2) is 47.6 Å². The molecule has 33 heavy (non-hydrogen) atoms. The first-order valence-corrected chi connectivity index (χ1v) is 12.0. The molecule has 0 bridgehead atoms. The number of nitrogens with one attached hydrogen (secondary N) is 2. The SMILES string of the molecule is Cc1ccc(NC(=O)CSc2nnc([C@H](NC(=O)c3ccccc3Cl)C(C)C)n2C)cc1C. The number of benzene rings is 2. The number of aryl methyl sites for hydroxylation is 2. The van der Waals surface area contributed by atoms with Crippen LogP contribution in [0, 0.1) is 19.8 Å². The van der Waals surface area contributed by atoms with Gasteiger partial charge in [0.2, 0.25) is 5.91 Å². The molecule has 0 saturated heterocycles. The van der Waals surface area contributed by atoms with Crippen molar-refractivity contribution in [2.24, 2.45) is 13.0 Å². The van der Waals surface area contributed by atoms with E-state index in [9.17, 15) is 9.59 Å². The zero-order valence-electron chi connectivity index (χ0n) is 19.3. The van der Waals surface area contributed by atoms with Crippen molar-refractivity contribution < 1.29 is 9.59 Å². The van der Waals surface area contributed by atoms with Crippen molar-refractivity contribution >= 4 is 40.9 Å². The molecule has 2 N–H and O–H groups in total. The fraction of sp³-hybridized carbons (Fsp3) is 0.333. The zero-order valence-corrected chi connectivity index (χ0v) is 20.9. The molecule has 7 nitrogen and oxygen atoms in total. The topological polar surface area (TPSA) is 88.9 Å². The highest BCUT2D eigenvalue weighted by Crippen LogP contribution is 2.25. The summed E-state index contributed by atoms with van der Waals surface area (Å²) in [5.41, 5.74) is 3.47. The van der Waals surface area contributed by atoms with Gasteiger partial charge in [0.05, 0.1) is 22.4 Å². The molecule has 1 atom stereocenters. The first-order chi connectivity index (χ1) is 15.7. The number of nitrogens with zero attached hydrogens (tertiary/aromatic N) is 3. The van der Waals surface area contributed by atoms with Crippen LogP contribution in [0.3, 0.4) is 0 Å². The van der Waals surface area contributed by atoms with E-state index in [1.807, 2.05) is 57.5 Å². The van der Waals surface area contributed by atoms with E-state index in [-0.39, 0.29) is 29.5 Å². The molecule has 0 unspecified atom stereocenters. The summed E-state index contributed by atoms with van der Waals surface area (Å²) in [5, 5.41) is 15.5. The minimum Gasteiger partial charge on any atom is -0.342 e. The lowest BCUT2D eigenvalue weighted by Gasteiger charge is -2.22. The molecular weight excluding hydrogens is 458 g/mol. The molecule has 2 amide bonds. The van der Waals surface area contributed by atoms with Crippen molar-refractivity contribution in [2.75, 3.05) is 11.1 Å². The minimum absolute atomic E-state index is 0.0604. The van der Waals surface area contributed by atoms with Crippen molar-refractivity contribution in [2.45, 2.75) is 38.9 Å². The molecule has 1 aromatic heterocycles. The van der Waals surface area contributed by atoms with Crippen LogP contribution in [0.25, 0.3) is 0 Å². The van der Waals surface area contributed by atoms with Gasteiger partial charge in [0.25, 0.3) is 5.91 Å². The minimum atomic E-state index is -0.370. The number of aromatic nitrogens is 3. The summed E-state index contributed by atoms with van der Waals surface area (Å²) < 4.78 is 1.81. The van der Waals surface area contributed by atoms with Gasteiger partial charge in [-0.3, -0.25) is 9.59 Å². The highest BCUT2D eigenvalue weighted by Gasteiger charge is 2.26. The Bertz CT molecular complexity index is 1160. The van der Waals surface area contributed by atoms with Crippen LogP contribution in [0.1, 0.15) is 47.2 Å². The average molecular weight is 486 g/mol. The van der Waals surface area contributed by atoms with Gasteiger partial charge in [-0.25, -0.2) is 0 Å². The maximum absolute atomic E-state index is 12.8. The van der Waals surface area contributed by atoms with E-state index in [4.69, 9.17) is 11.6 Å². The Balaban J connectivity index is 1.67. The van der Waals surface area contributed by atoms with Crippen molar-refractivity contribution in [1.82, 2.24) is 20.1 Å². The Morgan fingerprint density at radius 1 is 1.09 bits per heavy atom. The van der Waals surface area contributed by atoms with E-state index in [0.29, 0.717) is 21.6 Å². The van der Waals surface area contributed by atoms with Crippen molar-refractivity contribution in [3.8, 4) is 0 Å². The van der Waals surface area contributed by atoms with Gasteiger partial charge in [0.1, 0.15) is 0 Å². The Kier molecular flexibility index (Phi) is 8.15. The molecule has 0 fully saturated rings. The normalized spacial score (nSPS) is 12.0. The van der Waals surface area contributed by atoms with Crippen LogP contribution in [-0.4, -0.2) is 32.3 Å². The smallest absolute Gasteiger partial charge is 0.253 e. The number of carbonyl (C=O) groups is 2. The van der Waals surface area contributed by atoms with Gasteiger partial charge in [-0.15, -0.1) is 10.2 Å². The number of halogens is 1. The summed E-state index contributed by atoms with van der Waals surface area (Å²) in [5.74, 6) is 0.467. The number of carbonyl (C=O) groups excluding carboxylic acids is 2. The lowest BCUT2D eigenvalue weighted by Crippen LogP contribution is -2.33. The summed E-state index contributed by atoms with van der Waals surface area (Å²) in [4.78, 5) is 25.2. The fourth-order valence-electron chi connectivity index (χ4n) is 3.26. The third kappa shape index (κ3) is 6.15. The van der Waals surface area contributed by atoms with Gasteiger partial charge < -0.3 is 15.2 Å². The first kappa shape index (κ1) is 24.8. The quantitative estimate of drug-likeness (QED) is 0.441. The van der Waals surface area contributed by atoms with Gasteiger partial charge in [-0.2, -0.15) is 0 Å². The monoisotopic (exact) mass is 485 g/mol. The highest BCUT2D eigenvalue weighted by molar-refractivity contribution is 7.99. The molecule has 0 aliphatic rings. The molecule has 0 aliphatic carbocycles. The lowest BCUT2D eigenvalue weighted by molar-refractivity contribution is -0.113. The summed E-state index contributed by atoms with van der Waals surface area (Å²) in [6.07, 6.45) is 0. The molecule has 0 radical (unpaired) electrons. The van der Waals surface area contributed by atoms with E-state index in [0.717, 1.165) is 11.3 Å². The number of thioether (sulfide) groups is 1. The Labute approximate surface area is 203 Å². The maximum atomic E-state index is 12.8. The largest absolute Gasteiger partial charge is 0.342 e. The Morgan fingerprint density at radius 2 is 1.82 bits per heavy atom. The van der Waals surface area contributed by atoms with Gasteiger partial charge in [-0.1, -0.05) is 55.4 Å². The number of anilines is 1. The van der Waals surface area contributed by atoms with Crippen LogP contribution in [-0.2, 0) is 11.8 Å². The summed E-state index contributed by atoms with van der Waals surface area (Å²) in [6, 6.07) is 12.4. The summed E-state index contributed by atoms with van der Waals surface area (Å²) in [7, 11) is 1.83. The maximum Gasteiger partial charge on any atom is 0.253 e. The zero-order chi connectivity index (χ0) is 24.1. The molecule has 0 saturated carbocycles. The van der Waals surface area contributed by atoms with Gasteiger partial charge in [0.15, 0.2) is 11.0 Å². The summed E-state index contributed by atoms with van der Waals surface area (Å²) in [6.45, 7) is 8.03. The number of hydrogen-bond donors (Lipinski definition) is 2. The van der Waals surface area contributed by atoms with E-state index in [1.54, 1.807) is 24.3 Å². The molecule has 9 heteroatoms. The number of amides is 2. The second-order valence-electron chi connectivity index (χ2n) is 8.21. The van der Waals surface area contributed by atoms with E-state index in [1.165, 1.54) is 17.3 Å². The standard InChI is InChI=1S/C24H28ClN5O2S/c1-14(2)21(27-23(32)18-8-6-7-9-19(18)25)22-28-29-24(30(22)5)33-13-20(31)26-17-11-10-15(3)16(4)12-17/h6-12,14,21H,13H2,1-5H3,(H,26,31)(H,27,32)/t21-/m1/s1. The third-order valence-electron chi connectivity index (χ3n) is 5.34. The van der Waals surface area contributed by atoms with Gasteiger partial charge in [0, 0.05) is 12.7 Å². The van der Waals surface area contributed by atoms with E-state index < -0.39 is 0 Å². The van der Waals surface area contributed by atoms with Crippen LogP contribution < -0.4 is 10.6 Å². The summed E-state index contributed by atoms with van der Waals surface area (Å²) >= 11 is 7.47. The molecule has 1 heterocycles. The Morgan fingerprint density at radius 3 is 2.48 bits per heavy atom. The molecule has 3 rings (SSSR count). The average Bonchev–Trinajstić information content (AvgIpc) is 3.13. The molecular formula is C24H28ClN5O2S. The van der Waals surface area contributed by atoms with Crippen LogP contribution in [0.5, 0.6) is 0 Å². The number of rotatable bonds is 8. The predicted molar refractivity (Wildman–Crippen MR) is 133 cm³/mol. The van der Waals surface area contributed by atoms with E-state index in [2.05, 4.69) is 20.8 Å². The van der Waals surface area contributed by atoms with Crippen LogP contribution >= 0.6 is 23.4 Å². The molecule has 2 aromatic carbocycles. The Hall–Kier alpha value is -2.84. The molecule has 174 valence electrons. The van der Waals surface area contributed by atoms with Crippen molar-refractivity contribution in [3.05, 3.63) is 70.0 Å². The number of hydrogen-bond acceptors (Lipinski definition) is 5. The second-order valence-corrected chi connectivity index (χ2v) is 9.56. The fourth-order valence-corrected chi connectivity index (χ4v) is 4.20. The van der Waals surface area contributed by atoms with E-state index >= 15 is 0 Å². The first-order valence-electron chi connectivity index (χ1n) is 10.6. The van der Waals surface area contributed by atoms with Crippen LogP contribution in [0.4, 0.5) is 5.69 Å². The van der Waals surface area contributed by atoms with Gasteiger partial charge in [-0.05, 0) is 55.2 Å². The lowest BCUT2D eigenvalue weighted by atomic mass is 10.0. The van der Waals surface area contributed by atoms with Crippen molar-refractivity contribution in [3.63, 3.8) is 0 Å². The molecule has 3 aromatic rings. The van der Waals surface area contributed by atoms with Crippen LogP contribution in [0.2, 0.25) is 5.02 Å². The molecule has 0 aliphatic heterocycles. The third-order valence-corrected chi connectivity index (χ3v) is 6.69. The molecule has 0 spiro atoms.